The number of aromatic amines is 1. The van der Waals surface area contributed by atoms with Crippen LogP contribution in [0.1, 0.15) is 11.1 Å². The molecule has 0 fully saturated rings. The topological polar surface area (TPSA) is 113 Å². The van der Waals surface area contributed by atoms with Gasteiger partial charge in [-0.3, -0.25) is 5.10 Å². The minimum Gasteiger partial charge on any atom is -0.493 e. The van der Waals surface area contributed by atoms with E-state index in [2.05, 4.69) is 15.5 Å². The maximum absolute atomic E-state index is 5.81. The molecular weight excluding hydrogens is 424 g/mol. The summed E-state index contributed by atoms with van der Waals surface area (Å²) in [5.74, 6) is 3.03. The number of nitrogens with one attached hydrogen (secondary N) is 2. The Morgan fingerprint density at radius 3 is 2.52 bits per heavy atom. The Morgan fingerprint density at radius 1 is 0.970 bits per heavy atom. The number of ether oxygens (including phenoxy) is 5. The predicted molar refractivity (Wildman–Crippen MR) is 126 cm³/mol. The molecule has 176 valence electrons. The number of fused-ring (bicyclic) bond motifs is 3. The third-order valence-electron chi connectivity index (χ3n) is 5.33. The van der Waals surface area contributed by atoms with Crippen LogP contribution in [-0.4, -0.2) is 64.0 Å². The van der Waals surface area contributed by atoms with E-state index >= 15 is 0 Å². The molecule has 0 saturated carbocycles. The minimum absolute atomic E-state index is 0.457. The molecule has 2 aromatic carbocycles. The first-order chi connectivity index (χ1) is 16.2. The Morgan fingerprint density at radius 2 is 1.73 bits per heavy atom. The van der Waals surface area contributed by atoms with Crippen LogP contribution >= 0.6 is 0 Å². The Bertz CT molecular complexity index is 1070. The summed E-state index contributed by atoms with van der Waals surface area (Å²) in [6, 6.07) is 11.8. The molecule has 9 heteroatoms. The van der Waals surface area contributed by atoms with E-state index in [1.807, 2.05) is 36.4 Å². The standard InChI is InChI=1S/C24H30N4O5/c1-29-21-13-16-12-20-23(19(16)15-22(21)30-2)27-28-24(20)26-17-4-3-5-18(14-17)33-11-10-32-9-8-31-7-6-25/h3-5,13-15H,6-12,25H2,1-2H3,(H2,26,27,28). The van der Waals surface area contributed by atoms with Crippen molar-refractivity contribution in [3.05, 3.63) is 47.5 Å². The van der Waals surface area contributed by atoms with E-state index in [0.29, 0.717) is 45.3 Å². The van der Waals surface area contributed by atoms with Gasteiger partial charge in [0.15, 0.2) is 11.5 Å². The first kappa shape index (κ1) is 22.9. The van der Waals surface area contributed by atoms with Crippen molar-refractivity contribution in [3.8, 4) is 28.5 Å². The van der Waals surface area contributed by atoms with Gasteiger partial charge >= 0.3 is 0 Å². The number of aromatic nitrogens is 2. The fourth-order valence-electron chi connectivity index (χ4n) is 3.77. The largest absolute Gasteiger partial charge is 0.493 e. The second-order valence-electron chi connectivity index (χ2n) is 7.48. The maximum Gasteiger partial charge on any atom is 0.161 e. The van der Waals surface area contributed by atoms with Gasteiger partial charge < -0.3 is 34.7 Å². The molecule has 0 amide bonds. The average Bonchev–Trinajstić information content (AvgIpc) is 3.39. The number of methoxy groups -OCH3 is 2. The molecule has 3 aromatic rings. The van der Waals surface area contributed by atoms with Gasteiger partial charge in [0.1, 0.15) is 18.2 Å². The summed E-state index contributed by atoms with van der Waals surface area (Å²) in [6.07, 6.45) is 0.756. The van der Waals surface area contributed by atoms with Crippen molar-refractivity contribution in [1.29, 1.82) is 0 Å². The highest BCUT2D eigenvalue weighted by atomic mass is 16.5. The van der Waals surface area contributed by atoms with Crippen LogP contribution in [0, 0.1) is 0 Å². The molecule has 0 saturated heterocycles. The van der Waals surface area contributed by atoms with E-state index in [4.69, 9.17) is 29.4 Å². The molecule has 0 spiro atoms. The molecule has 1 heterocycles. The smallest absolute Gasteiger partial charge is 0.161 e. The number of anilines is 2. The summed E-state index contributed by atoms with van der Waals surface area (Å²) in [5, 5.41) is 11.1. The number of benzene rings is 2. The summed E-state index contributed by atoms with van der Waals surface area (Å²) in [7, 11) is 3.28. The van der Waals surface area contributed by atoms with Gasteiger partial charge in [-0.2, -0.15) is 5.10 Å². The fraction of sp³-hybridized carbons (Fsp3) is 0.375. The monoisotopic (exact) mass is 454 g/mol. The maximum atomic E-state index is 5.81. The van der Waals surface area contributed by atoms with E-state index in [1.54, 1.807) is 14.2 Å². The zero-order valence-corrected chi connectivity index (χ0v) is 19.0. The Hall–Kier alpha value is -3.27. The Kier molecular flexibility index (Phi) is 7.66. The van der Waals surface area contributed by atoms with Crippen LogP contribution in [0.3, 0.4) is 0 Å². The molecule has 0 unspecified atom stereocenters. The Balaban J connectivity index is 1.35. The normalized spacial score (nSPS) is 11.7. The predicted octanol–water partition coefficient (Wildman–Crippen LogP) is 3.11. The molecule has 1 aliphatic rings. The van der Waals surface area contributed by atoms with Crippen molar-refractivity contribution in [1.82, 2.24) is 10.2 Å². The van der Waals surface area contributed by atoms with Crippen molar-refractivity contribution >= 4 is 11.5 Å². The molecule has 0 aliphatic heterocycles. The summed E-state index contributed by atoms with van der Waals surface area (Å²) < 4.78 is 27.5. The number of hydrogen-bond acceptors (Lipinski definition) is 8. The highest BCUT2D eigenvalue weighted by Crippen LogP contribution is 2.44. The summed E-state index contributed by atoms with van der Waals surface area (Å²) in [6.45, 7) is 3.07. The quantitative estimate of drug-likeness (QED) is 0.264. The van der Waals surface area contributed by atoms with Crippen molar-refractivity contribution < 1.29 is 23.7 Å². The summed E-state index contributed by atoms with van der Waals surface area (Å²) >= 11 is 0. The molecule has 0 bridgehead atoms. The fourth-order valence-corrected chi connectivity index (χ4v) is 3.77. The van der Waals surface area contributed by atoms with Gasteiger partial charge in [0.2, 0.25) is 0 Å². The van der Waals surface area contributed by atoms with Gasteiger partial charge in [-0.1, -0.05) is 6.07 Å². The van der Waals surface area contributed by atoms with E-state index < -0.39 is 0 Å². The highest BCUT2D eigenvalue weighted by Gasteiger charge is 2.27. The van der Waals surface area contributed by atoms with Crippen molar-refractivity contribution in [2.45, 2.75) is 6.42 Å². The molecule has 1 aliphatic carbocycles. The number of rotatable bonds is 13. The highest BCUT2D eigenvalue weighted by molar-refractivity contribution is 5.81. The lowest BCUT2D eigenvalue weighted by molar-refractivity contribution is 0.0388. The Labute approximate surface area is 193 Å². The molecule has 0 radical (unpaired) electrons. The first-order valence-electron chi connectivity index (χ1n) is 10.9. The second-order valence-corrected chi connectivity index (χ2v) is 7.48. The molecule has 9 nitrogen and oxygen atoms in total. The van der Waals surface area contributed by atoms with Gasteiger partial charge in [-0.25, -0.2) is 0 Å². The van der Waals surface area contributed by atoms with Gasteiger partial charge in [0, 0.05) is 35.8 Å². The molecule has 1 aromatic heterocycles. The lowest BCUT2D eigenvalue weighted by Gasteiger charge is -2.11. The third kappa shape index (κ3) is 5.39. The molecule has 33 heavy (non-hydrogen) atoms. The molecule has 4 rings (SSSR count). The van der Waals surface area contributed by atoms with Crippen LogP contribution in [-0.2, 0) is 15.9 Å². The lowest BCUT2D eigenvalue weighted by Crippen LogP contribution is -2.14. The summed E-state index contributed by atoms with van der Waals surface area (Å²) in [4.78, 5) is 0. The van der Waals surface area contributed by atoms with Crippen LogP contribution in [0.2, 0.25) is 0 Å². The average molecular weight is 455 g/mol. The van der Waals surface area contributed by atoms with Crippen LogP contribution in [0.25, 0.3) is 11.3 Å². The number of H-pyrrole nitrogens is 1. The second kappa shape index (κ2) is 11.0. The minimum atomic E-state index is 0.457. The van der Waals surface area contributed by atoms with Crippen LogP contribution in [0.5, 0.6) is 17.2 Å². The number of nitrogens with zero attached hydrogens (tertiary/aromatic N) is 1. The first-order valence-corrected chi connectivity index (χ1v) is 10.9. The molecule has 4 N–H and O–H groups in total. The van der Waals surface area contributed by atoms with Crippen LogP contribution < -0.4 is 25.3 Å². The van der Waals surface area contributed by atoms with Gasteiger partial charge in [0.25, 0.3) is 0 Å². The summed E-state index contributed by atoms with van der Waals surface area (Å²) in [5.41, 5.74) is 10.5. The van der Waals surface area contributed by atoms with E-state index in [-0.39, 0.29) is 0 Å². The van der Waals surface area contributed by atoms with Gasteiger partial charge in [-0.05, 0) is 29.8 Å². The van der Waals surface area contributed by atoms with E-state index in [0.717, 1.165) is 51.8 Å². The zero-order chi connectivity index (χ0) is 23.0. The van der Waals surface area contributed by atoms with Crippen molar-refractivity contribution in [2.75, 3.05) is 59.1 Å². The SMILES string of the molecule is COc1cc2c(cc1OC)-c1n[nH]c(Nc3cccc(OCCOCCOCCN)c3)c1C2. The third-order valence-corrected chi connectivity index (χ3v) is 5.33. The number of nitrogens with two attached hydrogens (primary N) is 1. The lowest BCUT2D eigenvalue weighted by atomic mass is 10.1. The zero-order valence-electron chi connectivity index (χ0n) is 19.0. The van der Waals surface area contributed by atoms with Gasteiger partial charge in [-0.15, -0.1) is 0 Å². The molecule has 0 atom stereocenters. The number of hydrogen-bond donors (Lipinski definition) is 3. The van der Waals surface area contributed by atoms with Crippen molar-refractivity contribution in [2.24, 2.45) is 5.73 Å². The van der Waals surface area contributed by atoms with Crippen LogP contribution in [0.15, 0.2) is 36.4 Å². The van der Waals surface area contributed by atoms with Gasteiger partial charge in [0.05, 0.1) is 46.3 Å². The van der Waals surface area contributed by atoms with E-state index in [1.165, 1.54) is 0 Å². The van der Waals surface area contributed by atoms with E-state index in [9.17, 15) is 0 Å². The van der Waals surface area contributed by atoms with Crippen LogP contribution in [0.4, 0.5) is 11.5 Å². The molecular formula is C24H30N4O5. The van der Waals surface area contributed by atoms with Crippen molar-refractivity contribution in [3.63, 3.8) is 0 Å².